The van der Waals surface area contributed by atoms with Gasteiger partial charge in [-0.2, -0.15) is 0 Å². The average molecular weight is 264 g/mol. The van der Waals surface area contributed by atoms with Crippen LogP contribution in [0.3, 0.4) is 0 Å². The van der Waals surface area contributed by atoms with Crippen LogP contribution in [0, 0.1) is 5.82 Å². The largest absolute Gasteiger partial charge is 0.322 e. The summed E-state index contributed by atoms with van der Waals surface area (Å²) < 4.78 is 13.0. The SMILES string of the molecule is CCC(C)(C(N)c1ccc(F)cc1)N1CCCCC1. The fourth-order valence-corrected chi connectivity index (χ4v) is 3.07. The molecular weight excluding hydrogens is 239 g/mol. The number of benzene rings is 1. The third kappa shape index (κ3) is 2.98. The Bertz CT molecular complexity index is 398. The second-order valence-electron chi connectivity index (χ2n) is 5.79. The quantitative estimate of drug-likeness (QED) is 0.902. The van der Waals surface area contributed by atoms with Crippen molar-refractivity contribution < 1.29 is 4.39 Å². The maximum absolute atomic E-state index is 13.0. The smallest absolute Gasteiger partial charge is 0.123 e. The molecule has 0 amide bonds. The number of halogens is 1. The molecule has 1 fully saturated rings. The molecule has 1 aliphatic heterocycles. The number of likely N-dealkylation sites (tertiary alicyclic amines) is 1. The molecule has 0 aliphatic carbocycles. The highest BCUT2D eigenvalue weighted by molar-refractivity contribution is 5.23. The van der Waals surface area contributed by atoms with Gasteiger partial charge in [0.1, 0.15) is 5.82 Å². The lowest BCUT2D eigenvalue weighted by Gasteiger charge is -2.47. The predicted octanol–water partition coefficient (Wildman–Crippen LogP) is 3.48. The molecule has 0 bridgehead atoms. The van der Waals surface area contributed by atoms with E-state index in [1.54, 1.807) is 0 Å². The first-order valence-corrected chi connectivity index (χ1v) is 7.34. The Morgan fingerprint density at radius 1 is 1.21 bits per heavy atom. The molecule has 2 nitrogen and oxygen atoms in total. The normalized spacial score (nSPS) is 21.9. The molecule has 0 spiro atoms. The van der Waals surface area contributed by atoms with Gasteiger partial charge >= 0.3 is 0 Å². The van der Waals surface area contributed by atoms with Crippen molar-refractivity contribution >= 4 is 0 Å². The molecule has 2 atom stereocenters. The summed E-state index contributed by atoms with van der Waals surface area (Å²) in [5.74, 6) is -0.202. The van der Waals surface area contributed by atoms with Gasteiger partial charge in [0.15, 0.2) is 0 Å². The van der Waals surface area contributed by atoms with Crippen LogP contribution in [-0.2, 0) is 0 Å². The van der Waals surface area contributed by atoms with E-state index in [0.717, 1.165) is 25.1 Å². The van der Waals surface area contributed by atoms with E-state index >= 15 is 0 Å². The zero-order valence-corrected chi connectivity index (χ0v) is 12.0. The number of piperidine rings is 1. The van der Waals surface area contributed by atoms with Crippen molar-refractivity contribution in [3.05, 3.63) is 35.6 Å². The number of hydrogen-bond donors (Lipinski definition) is 1. The molecular formula is C16H25FN2. The van der Waals surface area contributed by atoms with E-state index in [-0.39, 0.29) is 17.4 Å². The Labute approximate surface area is 115 Å². The van der Waals surface area contributed by atoms with E-state index in [2.05, 4.69) is 18.7 Å². The molecule has 1 aromatic carbocycles. The van der Waals surface area contributed by atoms with Gasteiger partial charge in [-0.15, -0.1) is 0 Å². The van der Waals surface area contributed by atoms with Crippen LogP contribution in [0.15, 0.2) is 24.3 Å². The maximum atomic E-state index is 13.0. The van der Waals surface area contributed by atoms with Gasteiger partial charge in [0, 0.05) is 11.6 Å². The third-order valence-electron chi connectivity index (χ3n) is 4.69. The van der Waals surface area contributed by atoms with Crippen LogP contribution >= 0.6 is 0 Å². The minimum Gasteiger partial charge on any atom is -0.322 e. The Kier molecular flexibility index (Phi) is 4.58. The first-order valence-electron chi connectivity index (χ1n) is 7.34. The Hall–Kier alpha value is -0.930. The van der Waals surface area contributed by atoms with Gasteiger partial charge < -0.3 is 5.73 Å². The Balaban J connectivity index is 2.21. The van der Waals surface area contributed by atoms with Crippen LogP contribution in [0.5, 0.6) is 0 Å². The monoisotopic (exact) mass is 264 g/mol. The average Bonchev–Trinajstić information content (AvgIpc) is 2.47. The highest BCUT2D eigenvalue weighted by Gasteiger charge is 2.37. The summed E-state index contributed by atoms with van der Waals surface area (Å²) in [7, 11) is 0. The van der Waals surface area contributed by atoms with Crippen LogP contribution in [0.25, 0.3) is 0 Å². The molecule has 1 aliphatic rings. The summed E-state index contributed by atoms with van der Waals surface area (Å²) in [5, 5.41) is 0. The number of hydrogen-bond acceptors (Lipinski definition) is 2. The number of nitrogens with zero attached hydrogens (tertiary/aromatic N) is 1. The van der Waals surface area contributed by atoms with Crippen molar-refractivity contribution in [1.82, 2.24) is 4.90 Å². The van der Waals surface area contributed by atoms with Gasteiger partial charge in [-0.1, -0.05) is 25.5 Å². The predicted molar refractivity (Wildman–Crippen MR) is 77.4 cm³/mol. The molecule has 0 aromatic heterocycles. The maximum Gasteiger partial charge on any atom is 0.123 e. The van der Waals surface area contributed by atoms with E-state index in [1.165, 1.54) is 31.4 Å². The number of rotatable bonds is 4. The summed E-state index contributed by atoms with van der Waals surface area (Å²) in [4.78, 5) is 2.52. The first-order chi connectivity index (χ1) is 9.08. The number of nitrogens with two attached hydrogens (primary N) is 1. The van der Waals surface area contributed by atoms with Gasteiger partial charge in [-0.05, 0) is 57.0 Å². The van der Waals surface area contributed by atoms with Gasteiger partial charge in [-0.3, -0.25) is 4.90 Å². The van der Waals surface area contributed by atoms with Crippen LogP contribution in [0.4, 0.5) is 4.39 Å². The van der Waals surface area contributed by atoms with E-state index in [9.17, 15) is 4.39 Å². The van der Waals surface area contributed by atoms with Crippen molar-refractivity contribution in [2.75, 3.05) is 13.1 Å². The summed E-state index contributed by atoms with van der Waals surface area (Å²) in [5.41, 5.74) is 7.48. The van der Waals surface area contributed by atoms with Crippen LogP contribution in [0.1, 0.15) is 51.1 Å². The fourth-order valence-electron chi connectivity index (χ4n) is 3.07. The van der Waals surface area contributed by atoms with Crippen molar-refractivity contribution in [3.63, 3.8) is 0 Å². The zero-order chi connectivity index (χ0) is 13.9. The summed E-state index contributed by atoms with van der Waals surface area (Å²) in [6, 6.07) is 6.56. The highest BCUT2D eigenvalue weighted by Crippen LogP contribution is 2.34. The first kappa shape index (κ1) is 14.5. The van der Waals surface area contributed by atoms with E-state index in [4.69, 9.17) is 5.73 Å². The molecule has 19 heavy (non-hydrogen) atoms. The van der Waals surface area contributed by atoms with Crippen LogP contribution < -0.4 is 5.73 Å². The van der Waals surface area contributed by atoms with E-state index in [0.29, 0.717) is 0 Å². The summed E-state index contributed by atoms with van der Waals surface area (Å²) in [6.45, 7) is 6.68. The molecule has 1 aromatic rings. The second-order valence-corrected chi connectivity index (χ2v) is 5.79. The van der Waals surface area contributed by atoms with Gasteiger partial charge in [0.2, 0.25) is 0 Å². The highest BCUT2D eigenvalue weighted by atomic mass is 19.1. The molecule has 2 unspecified atom stereocenters. The van der Waals surface area contributed by atoms with Crippen molar-refractivity contribution in [1.29, 1.82) is 0 Å². The topological polar surface area (TPSA) is 29.3 Å². The summed E-state index contributed by atoms with van der Waals surface area (Å²) >= 11 is 0. The second kappa shape index (κ2) is 6.02. The van der Waals surface area contributed by atoms with E-state index in [1.807, 2.05) is 12.1 Å². The van der Waals surface area contributed by atoms with Crippen molar-refractivity contribution in [3.8, 4) is 0 Å². The van der Waals surface area contributed by atoms with Crippen molar-refractivity contribution in [2.24, 2.45) is 5.73 Å². The standard InChI is InChI=1S/C16H25FN2/c1-3-16(2,19-11-5-4-6-12-19)15(18)13-7-9-14(17)10-8-13/h7-10,15H,3-6,11-12,18H2,1-2H3. The summed E-state index contributed by atoms with van der Waals surface area (Å²) in [6.07, 6.45) is 4.84. The van der Waals surface area contributed by atoms with Gasteiger partial charge in [-0.25, -0.2) is 4.39 Å². The fraction of sp³-hybridized carbons (Fsp3) is 0.625. The third-order valence-corrected chi connectivity index (χ3v) is 4.69. The Morgan fingerprint density at radius 3 is 2.32 bits per heavy atom. The lowest BCUT2D eigenvalue weighted by atomic mass is 9.82. The van der Waals surface area contributed by atoms with E-state index < -0.39 is 0 Å². The minimum absolute atomic E-state index is 0.0434. The molecule has 2 rings (SSSR count). The molecule has 1 heterocycles. The van der Waals surface area contributed by atoms with Crippen LogP contribution in [0.2, 0.25) is 0 Å². The lowest BCUT2D eigenvalue weighted by Crippen LogP contribution is -2.54. The zero-order valence-electron chi connectivity index (χ0n) is 12.0. The molecule has 0 radical (unpaired) electrons. The Morgan fingerprint density at radius 2 is 1.79 bits per heavy atom. The molecule has 3 heteroatoms. The van der Waals surface area contributed by atoms with Crippen molar-refractivity contribution in [2.45, 2.75) is 51.1 Å². The molecule has 106 valence electrons. The molecule has 2 N–H and O–H groups in total. The molecule has 0 saturated carbocycles. The molecule has 1 saturated heterocycles. The van der Waals surface area contributed by atoms with Crippen LogP contribution in [-0.4, -0.2) is 23.5 Å². The van der Waals surface area contributed by atoms with Gasteiger partial charge in [0.05, 0.1) is 0 Å². The van der Waals surface area contributed by atoms with Gasteiger partial charge in [0.25, 0.3) is 0 Å². The minimum atomic E-state index is -0.202. The lowest BCUT2D eigenvalue weighted by molar-refractivity contribution is 0.0542.